The molecule has 0 aromatic heterocycles. The zero-order chi connectivity index (χ0) is 26.3. The number of carbonyl (C=O) groups excluding carboxylic acids is 1. The van der Waals surface area contributed by atoms with Crippen LogP contribution in [0, 0.1) is 0 Å². The van der Waals surface area contributed by atoms with Crippen LogP contribution in [0.5, 0.6) is 0 Å². The number of halogens is 6. The number of hydrogen-bond acceptors (Lipinski definition) is 3. The van der Waals surface area contributed by atoms with Crippen molar-refractivity contribution in [1.82, 2.24) is 0 Å². The number of anilines is 3. The Morgan fingerprint density at radius 3 is 2.31 bits per heavy atom. The van der Waals surface area contributed by atoms with Crippen LogP contribution in [0.25, 0.3) is 5.57 Å². The molecule has 1 aliphatic carbocycles. The lowest BCUT2D eigenvalue weighted by Crippen LogP contribution is -2.33. The molecule has 4 rings (SSSR count). The first-order valence-corrected chi connectivity index (χ1v) is 11.5. The van der Waals surface area contributed by atoms with Crippen molar-refractivity contribution in [2.75, 3.05) is 22.6 Å². The number of fused-ring (bicyclic) bond motifs is 1. The molecule has 2 aromatic carbocycles. The van der Waals surface area contributed by atoms with Gasteiger partial charge in [-0.3, -0.25) is 4.79 Å². The van der Waals surface area contributed by atoms with E-state index in [4.69, 9.17) is 0 Å². The van der Waals surface area contributed by atoms with Crippen LogP contribution in [0.3, 0.4) is 0 Å². The van der Waals surface area contributed by atoms with E-state index in [2.05, 4.69) is 17.2 Å². The summed E-state index contributed by atoms with van der Waals surface area (Å²) in [5.41, 5.74) is -2.91. The highest BCUT2D eigenvalue weighted by molar-refractivity contribution is 6.17. The SMILES string of the molecule is C=C1C(C(=O)Nc2ccc(N(C)C3CCCCC3)cc2C(F)(F)F)=CNc2cccc(C(F)(F)F)c21. The Hall–Kier alpha value is -3.43. The predicted octanol–water partition coefficient (Wildman–Crippen LogP) is 7.45. The molecule has 0 bridgehead atoms. The minimum Gasteiger partial charge on any atom is -0.372 e. The molecule has 0 radical (unpaired) electrons. The summed E-state index contributed by atoms with van der Waals surface area (Å²) in [5.74, 6) is -1.01. The number of amides is 1. The van der Waals surface area contributed by atoms with Crippen LogP contribution in [-0.4, -0.2) is 19.0 Å². The predicted molar refractivity (Wildman–Crippen MR) is 128 cm³/mol. The van der Waals surface area contributed by atoms with Gasteiger partial charge in [0.05, 0.1) is 22.4 Å². The quantitative estimate of drug-likeness (QED) is 0.421. The summed E-state index contributed by atoms with van der Waals surface area (Å²) in [6, 6.07) is 7.25. The fourth-order valence-corrected chi connectivity index (χ4v) is 4.77. The van der Waals surface area contributed by atoms with Crippen LogP contribution in [-0.2, 0) is 17.1 Å². The summed E-state index contributed by atoms with van der Waals surface area (Å²) in [5, 5.41) is 4.84. The van der Waals surface area contributed by atoms with E-state index < -0.39 is 35.1 Å². The Balaban J connectivity index is 1.62. The highest BCUT2D eigenvalue weighted by atomic mass is 19.4. The first-order valence-electron chi connectivity index (χ1n) is 11.5. The van der Waals surface area contributed by atoms with Crippen molar-refractivity contribution < 1.29 is 31.1 Å². The van der Waals surface area contributed by atoms with Gasteiger partial charge in [-0.2, -0.15) is 26.3 Å². The van der Waals surface area contributed by atoms with E-state index in [0.29, 0.717) is 5.69 Å². The lowest BCUT2D eigenvalue weighted by Gasteiger charge is -2.33. The Kier molecular flexibility index (Phi) is 6.81. The van der Waals surface area contributed by atoms with Gasteiger partial charge in [-0.25, -0.2) is 0 Å². The second kappa shape index (κ2) is 9.55. The molecule has 1 heterocycles. The minimum atomic E-state index is -4.77. The molecule has 0 saturated heterocycles. The van der Waals surface area contributed by atoms with Crippen molar-refractivity contribution in [2.24, 2.45) is 0 Å². The average Bonchev–Trinajstić information content (AvgIpc) is 2.83. The molecule has 1 amide bonds. The zero-order valence-corrected chi connectivity index (χ0v) is 19.5. The fraction of sp³-hybridized carbons (Fsp3) is 0.346. The standard InChI is InChI=1S/C26H25F6N3O/c1-15-18(14-33-22-10-6-9-19(23(15)22)25(27,28)29)24(36)34-21-12-11-17(13-20(21)26(30,31)32)35(2)16-7-4-3-5-8-16/h6,9-14,16,33H,1,3-5,7-8H2,2H3,(H,34,36). The minimum absolute atomic E-state index is 0.0949. The summed E-state index contributed by atoms with van der Waals surface area (Å²) in [6.07, 6.45) is -3.42. The number of alkyl halides is 6. The summed E-state index contributed by atoms with van der Waals surface area (Å²) >= 11 is 0. The van der Waals surface area contributed by atoms with Crippen LogP contribution >= 0.6 is 0 Å². The third kappa shape index (κ3) is 5.08. The zero-order valence-electron chi connectivity index (χ0n) is 19.5. The first-order chi connectivity index (χ1) is 16.9. The number of hydrogen-bond donors (Lipinski definition) is 2. The summed E-state index contributed by atoms with van der Waals surface area (Å²) in [6.45, 7) is 3.64. The average molecular weight is 509 g/mol. The van der Waals surface area contributed by atoms with Crippen molar-refractivity contribution in [2.45, 2.75) is 50.5 Å². The Labute approximate surface area is 204 Å². The molecular formula is C26H25F6N3O. The highest BCUT2D eigenvalue weighted by Gasteiger charge is 2.38. The molecule has 1 aliphatic heterocycles. The van der Waals surface area contributed by atoms with E-state index >= 15 is 0 Å². The van der Waals surface area contributed by atoms with Crippen molar-refractivity contribution in [3.63, 3.8) is 0 Å². The van der Waals surface area contributed by atoms with Crippen molar-refractivity contribution >= 4 is 28.5 Å². The van der Waals surface area contributed by atoms with Gasteiger partial charge in [0.2, 0.25) is 0 Å². The van der Waals surface area contributed by atoms with Gasteiger partial charge in [0.1, 0.15) is 0 Å². The summed E-state index contributed by atoms with van der Waals surface area (Å²) < 4.78 is 82.4. The normalized spacial score (nSPS) is 16.6. The molecule has 2 N–H and O–H groups in total. The van der Waals surface area contributed by atoms with Gasteiger partial charge < -0.3 is 15.5 Å². The highest BCUT2D eigenvalue weighted by Crippen LogP contribution is 2.43. The van der Waals surface area contributed by atoms with E-state index in [-0.39, 0.29) is 28.4 Å². The molecule has 2 aromatic rings. The Bertz CT molecular complexity index is 1210. The maximum Gasteiger partial charge on any atom is 0.418 e. The van der Waals surface area contributed by atoms with E-state index in [1.165, 1.54) is 24.3 Å². The van der Waals surface area contributed by atoms with Crippen molar-refractivity contribution in [3.8, 4) is 0 Å². The Morgan fingerprint density at radius 1 is 1.00 bits per heavy atom. The Morgan fingerprint density at radius 2 is 1.67 bits per heavy atom. The summed E-state index contributed by atoms with van der Waals surface area (Å²) in [7, 11) is 1.75. The van der Waals surface area contributed by atoms with Gasteiger partial charge in [-0.15, -0.1) is 0 Å². The monoisotopic (exact) mass is 509 g/mol. The topological polar surface area (TPSA) is 44.4 Å². The lowest BCUT2D eigenvalue weighted by molar-refractivity contribution is -0.138. The van der Waals surface area contributed by atoms with Crippen LogP contribution in [0.1, 0.15) is 48.8 Å². The third-order valence-electron chi connectivity index (χ3n) is 6.70. The molecule has 0 spiro atoms. The molecule has 192 valence electrons. The number of nitrogens with one attached hydrogen (secondary N) is 2. The van der Waals surface area contributed by atoms with Gasteiger partial charge in [0.25, 0.3) is 5.91 Å². The number of carbonyl (C=O) groups is 1. The van der Waals surface area contributed by atoms with E-state index in [1.54, 1.807) is 7.05 Å². The summed E-state index contributed by atoms with van der Waals surface area (Å²) in [4.78, 5) is 14.8. The molecule has 0 atom stereocenters. The second-order valence-electron chi connectivity index (χ2n) is 8.99. The van der Waals surface area contributed by atoms with E-state index in [9.17, 15) is 31.1 Å². The maximum absolute atomic E-state index is 13.9. The van der Waals surface area contributed by atoms with Crippen molar-refractivity contribution in [1.29, 1.82) is 0 Å². The van der Waals surface area contributed by atoms with E-state index in [1.807, 2.05) is 4.90 Å². The lowest BCUT2D eigenvalue weighted by atomic mass is 9.90. The fourth-order valence-electron chi connectivity index (χ4n) is 4.77. The molecule has 10 heteroatoms. The molecule has 1 saturated carbocycles. The number of nitrogens with zero attached hydrogens (tertiary/aromatic N) is 1. The van der Waals surface area contributed by atoms with Crippen LogP contribution in [0.2, 0.25) is 0 Å². The maximum atomic E-state index is 13.9. The molecule has 4 nitrogen and oxygen atoms in total. The molecule has 36 heavy (non-hydrogen) atoms. The van der Waals surface area contributed by atoms with Gasteiger partial charge >= 0.3 is 12.4 Å². The van der Waals surface area contributed by atoms with Crippen LogP contribution in [0.15, 0.2) is 54.8 Å². The first kappa shape index (κ1) is 25.7. The third-order valence-corrected chi connectivity index (χ3v) is 6.70. The largest absolute Gasteiger partial charge is 0.418 e. The smallest absolute Gasteiger partial charge is 0.372 e. The molecule has 0 unspecified atom stereocenters. The van der Waals surface area contributed by atoms with Gasteiger partial charge in [0, 0.05) is 36.2 Å². The van der Waals surface area contributed by atoms with E-state index in [0.717, 1.165) is 50.4 Å². The van der Waals surface area contributed by atoms with Gasteiger partial charge in [-0.1, -0.05) is 31.9 Å². The van der Waals surface area contributed by atoms with Gasteiger partial charge in [-0.05, 0) is 48.7 Å². The van der Waals surface area contributed by atoms with Crippen LogP contribution < -0.4 is 15.5 Å². The van der Waals surface area contributed by atoms with Crippen molar-refractivity contribution in [3.05, 3.63) is 71.4 Å². The molecular weight excluding hydrogens is 484 g/mol. The number of rotatable bonds is 4. The van der Waals surface area contributed by atoms with Crippen LogP contribution in [0.4, 0.5) is 43.4 Å². The molecule has 2 aliphatic rings. The van der Waals surface area contributed by atoms with Gasteiger partial charge in [0.15, 0.2) is 0 Å². The molecule has 1 fully saturated rings. The second-order valence-corrected chi connectivity index (χ2v) is 8.99. The number of benzene rings is 2.